The van der Waals surface area contributed by atoms with Crippen LogP contribution in [-0.2, 0) is 67.4 Å². The van der Waals surface area contributed by atoms with Gasteiger partial charge in [0.15, 0.2) is 0 Å². The number of hydrogen-bond donors (Lipinski definition) is 0. The van der Waals surface area contributed by atoms with E-state index in [0.29, 0.717) is 26.4 Å². The van der Waals surface area contributed by atoms with Gasteiger partial charge in [-0.2, -0.15) is 0 Å². The van der Waals surface area contributed by atoms with Gasteiger partial charge < -0.3 is 18.9 Å². The van der Waals surface area contributed by atoms with Crippen molar-refractivity contribution in [2.75, 3.05) is 26.4 Å². The summed E-state index contributed by atoms with van der Waals surface area (Å²) in [6, 6.07) is 29.4. The molecule has 6 nitrogen and oxygen atoms in total. The van der Waals surface area contributed by atoms with Crippen molar-refractivity contribution in [1.82, 2.24) is 0 Å². The molecular weight excluding hydrogens is 689 g/mol. The van der Waals surface area contributed by atoms with Gasteiger partial charge in [-0.1, -0.05) is 74.5 Å². The SMILES string of the molecule is CC(CCc1ccc(CCCCOCc2ccccc2)s1)COC(=O)/C=C\C(=O)OCC(C)CCc1ccc(CCCCOCc2ccccc2)s1. The van der Waals surface area contributed by atoms with E-state index in [9.17, 15) is 9.59 Å². The van der Waals surface area contributed by atoms with Crippen molar-refractivity contribution in [2.24, 2.45) is 11.8 Å². The Labute approximate surface area is 319 Å². The van der Waals surface area contributed by atoms with Gasteiger partial charge in [0, 0.05) is 44.9 Å². The lowest BCUT2D eigenvalue weighted by Gasteiger charge is -2.11. The Morgan fingerprint density at radius 3 is 1.33 bits per heavy atom. The van der Waals surface area contributed by atoms with Crippen molar-refractivity contribution in [1.29, 1.82) is 0 Å². The topological polar surface area (TPSA) is 71.1 Å². The summed E-state index contributed by atoms with van der Waals surface area (Å²) in [5.41, 5.74) is 2.43. The molecule has 0 aliphatic heterocycles. The largest absolute Gasteiger partial charge is 0.462 e. The van der Waals surface area contributed by atoms with Gasteiger partial charge in [0.05, 0.1) is 26.4 Å². The molecule has 2 atom stereocenters. The van der Waals surface area contributed by atoms with Gasteiger partial charge in [-0.15, -0.1) is 22.7 Å². The molecule has 280 valence electrons. The number of rotatable bonds is 26. The maximum atomic E-state index is 12.2. The monoisotopic (exact) mass is 744 g/mol. The van der Waals surface area contributed by atoms with E-state index in [0.717, 1.165) is 77.4 Å². The third kappa shape index (κ3) is 17.8. The number of aryl methyl sites for hydroxylation is 4. The van der Waals surface area contributed by atoms with Gasteiger partial charge in [0.2, 0.25) is 0 Å². The zero-order valence-corrected chi connectivity index (χ0v) is 32.6. The molecule has 2 unspecified atom stereocenters. The predicted molar refractivity (Wildman–Crippen MR) is 213 cm³/mol. The Morgan fingerprint density at radius 1 is 0.538 bits per heavy atom. The summed E-state index contributed by atoms with van der Waals surface area (Å²) in [5, 5.41) is 0. The number of unbranched alkanes of at least 4 members (excludes halogenated alkanes) is 2. The number of carbonyl (C=O) groups is 2. The van der Waals surface area contributed by atoms with Crippen LogP contribution in [0.1, 0.15) is 83.0 Å². The third-order valence-corrected chi connectivity index (χ3v) is 11.1. The molecule has 2 aromatic carbocycles. The molecule has 2 heterocycles. The minimum absolute atomic E-state index is 0.224. The van der Waals surface area contributed by atoms with Crippen molar-refractivity contribution in [2.45, 2.75) is 91.3 Å². The average Bonchev–Trinajstić information content (AvgIpc) is 3.83. The number of hydrogen-bond acceptors (Lipinski definition) is 8. The van der Waals surface area contributed by atoms with Gasteiger partial charge >= 0.3 is 11.9 Å². The second-order valence-corrected chi connectivity index (χ2v) is 16.1. The Bertz CT molecular complexity index is 1460. The maximum Gasteiger partial charge on any atom is 0.331 e. The van der Waals surface area contributed by atoms with Crippen LogP contribution in [0, 0.1) is 11.8 Å². The molecule has 4 rings (SSSR count). The third-order valence-electron chi connectivity index (χ3n) is 8.72. The molecule has 8 heteroatoms. The number of esters is 2. The normalized spacial score (nSPS) is 12.6. The fourth-order valence-corrected chi connectivity index (χ4v) is 7.69. The highest BCUT2D eigenvalue weighted by Crippen LogP contribution is 2.23. The molecule has 0 aliphatic carbocycles. The van der Waals surface area contributed by atoms with E-state index in [1.54, 1.807) is 0 Å². The van der Waals surface area contributed by atoms with Crippen LogP contribution in [0.4, 0.5) is 0 Å². The van der Waals surface area contributed by atoms with Crippen LogP contribution < -0.4 is 0 Å². The Morgan fingerprint density at radius 2 is 0.923 bits per heavy atom. The van der Waals surface area contributed by atoms with E-state index in [1.165, 1.54) is 42.8 Å². The zero-order chi connectivity index (χ0) is 36.6. The van der Waals surface area contributed by atoms with Gasteiger partial charge in [-0.3, -0.25) is 0 Å². The molecule has 0 amide bonds. The summed E-state index contributed by atoms with van der Waals surface area (Å²) in [5.74, 6) is -0.587. The second-order valence-electron chi connectivity index (χ2n) is 13.6. The first-order valence-electron chi connectivity index (χ1n) is 18.8. The highest BCUT2D eigenvalue weighted by molar-refractivity contribution is 7.12. The standard InChI is InChI=1S/C44H56O6S2/c1-35(19-21-41-25-23-39(51-41)17-9-11-29-47-33-37-13-5-3-6-14-37)31-49-43(45)27-28-44(46)50-32-36(2)20-22-42-26-24-40(52-42)18-10-12-30-48-34-38-15-7-4-8-16-38/h3-8,13-16,23-28,35-36H,9-12,17-22,29-34H2,1-2H3/b28-27-. The summed E-state index contributed by atoms with van der Waals surface area (Å²) in [6.07, 6.45) is 12.6. The molecule has 0 fully saturated rings. The fraction of sp³-hybridized carbons (Fsp3) is 0.455. The Kier molecular flexibility index (Phi) is 19.5. The second kappa shape index (κ2) is 24.6. The molecule has 2 aromatic heterocycles. The van der Waals surface area contributed by atoms with Gasteiger partial charge in [0.25, 0.3) is 0 Å². The molecule has 0 saturated heterocycles. The van der Waals surface area contributed by atoms with Crippen LogP contribution in [0.3, 0.4) is 0 Å². The molecular formula is C44H56O6S2. The van der Waals surface area contributed by atoms with Crippen LogP contribution in [0.2, 0.25) is 0 Å². The van der Waals surface area contributed by atoms with Crippen molar-refractivity contribution in [3.05, 3.63) is 128 Å². The number of benzene rings is 2. The van der Waals surface area contributed by atoms with Crippen LogP contribution in [0.5, 0.6) is 0 Å². The van der Waals surface area contributed by atoms with Crippen LogP contribution >= 0.6 is 22.7 Å². The molecule has 0 spiro atoms. The van der Waals surface area contributed by atoms with E-state index >= 15 is 0 Å². The van der Waals surface area contributed by atoms with Gasteiger partial charge in [-0.05, 0) is 111 Å². The van der Waals surface area contributed by atoms with Crippen molar-refractivity contribution in [3.8, 4) is 0 Å². The van der Waals surface area contributed by atoms with E-state index in [-0.39, 0.29) is 11.8 Å². The van der Waals surface area contributed by atoms with E-state index < -0.39 is 11.9 Å². The average molecular weight is 745 g/mol. The lowest BCUT2D eigenvalue weighted by molar-refractivity contribution is -0.141. The minimum Gasteiger partial charge on any atom is -0.462 e. The van der Waals surface area contributed by atoms with Crippen LogP contribution in [0.25, 0.3) is 0 Å². The molecule has 0 radical (unpaired) electrons. The summed E-state index contributed by atoms with van der Waals surface area (Å²) in [7, 11) is 0. The molecule has 4 aromatic rings. The molecule has 52 heavy (non-hydrogen) atoms. The van der Waals surface area contributed by atoms with Gasteiger partial charge in [-0.25, -0.2) is 9.59 Å². The van der Waals surface area contributed by atoms with Crippen molar-refractivity contribution >= 4 is 34.6 Å². The lowest BCUT2D eigenvalue weighted by atomic mass is 10.1. The quantitative estimate of drug-likeness (QED) is 0.0362. The summed E-state index contributed by atoms with van der Waals surface area (Å²) >= 11 is 3.74. The highest BCUT2D eigenvalue weighted by Gasteiger charge is 2.11. The van der Waals surface area contributed by atoms with Crippen molar-refractivity contribution < 1.29 is 28.5 Å². The van der Waals surface area contributed by atoms with Gasteiger partial charge in [0.1, 0.15) is 0 Å². The molecule has 0 N–H and O–H groups in total. The van der Waals surface area contributed by atoms with Crippen LogP contribution in [0.15, 0.2) is 97.1 Å². The van der Waals surface area contributed by atoms with Crippen LogP contribution in [-0.4, -0.2) is 38.4 Å². The Hall–Kier alpha value is -3.56. The predicted octanol–water partition coefficient (Wildman–Crippen LogP) is 10.4. The molecule has 0 aliphatic rings. The lowest BCUT2D eigenvalue weighted by Crippen LogP contribution is -2.13. The van der Waals surface area contributed by atoms with Crippen molar-refractivity contribution in [3.63, 3.8) is 0 Å². The molecule has 0 bridgehead atoms. The Balaban J connectivity index is 0.974. The minimum atomic E-state index is -0.517. The number of ether oxygens (including phenoxy) is 4. The number of carbonyl (C=O) groups excluding carboxylic acids is 2. The number of thiophene rings is 2. The summed E-state index contributed by atoms with van der Waals surface area (Å²) in [4.78, 5) is 29.9. The first-order chi connectivity index (χ1) is 25.4. The summed E-state index contributed by atoms with van der Waals surface area (Å²) < 4.78 is 22.4. The maximum absolute atomic E-state index is 12.2. The fourth-order valence-electron chi connectivity index (χ4n) is 5.54. The van der Waals surface area contributed by atoms with E-state index in [1.807, 2.05) is 59.1 Å². The highest BCUT2D eigenvalue weighted by atomic mass is 32.1. The zero-order valence-electron chi connectivity index (χ0n) is 31.0. The smallest absolute Gasteiger partial charge is 0.331 e. The first-order valence-corrected chi connectivity index (χ1v) is 20.5. The first kappa shape index (κ1) is 41.2. The van der Waals surface area contributed by atoms with E-state index in [2.05, 4.69) is 62.4 Å². The molecule has 0 saturated carbocycles. The van der Waals surface area contributed by atoms with E-state index in [4.69, 9.17) is 18.9 Å². The summed E-state index contributed by atoms with van der Waals surface area (Å²) in [6.45, 7) is 7.72.